The highest BCUT2D eigenvalue weighted by Crippen LogP contribution is 2.28. The highest BCUT2D eigenvalue weighted by Gasteiger charge is 2.15. The average molecular weight is 544 g/mol. The number of carbonyl (C=O) groups is 2. The number of ether oxygens (including phenoxy) is 2. The molecule has 9 nitrogen and oxygen atoms in total. The molecule has 0 aliphatic heterocycles. The second-order valence-electron chi connectivity index (χ2n) is 8.36. The lowest BCUT2D eigenvalue weighted by Gasteiger charge is -2.10. The van der Waals surface area contributed by atoms with Crippen molar-refractivity contribution in [1.29, 1.82) is 0 Å². The second-order valence-corrected chi connectivity index (χ2v) is 10.0. The Hall–Kier alpha value is -4.96. The Bertz CT molecular complexity index is 1600. The van der Waals surface area contributed by atoms with Crippen LogP contribution in [-0.2, 0) is 10.0 Å². The summed E-state index contributed by atoms with van der Waals surface area (Å²) in [5, 5.41) is 3.96. The maximum absolute atomic E-state index is 12.5. The first kappa shape index (κ1) is 27.1. The lowest BCUT2D eigenvalue weighted by molar-refractivity contribution is 0.0729. The molecule has 0 atom stereocenters. The molecule has 10 heteroatoms. The molecular formula is C29H25N3O6S. The average Bonchev–Trinajstić information content (AvgIpc) is 2.94. The van der Waals surface area contributed by atoms with Crippen molar-refractivity contribution in [2.24, 2.45) is 5.10 Å². The maximum atomic E-state index is 12.5. The Kier molecular flexibility index (Phi) is 8.37. The number of esters is 1. The molecule has 0 bridgehead atoms. The number of aryl methyl sites for hydroxylation is 1. The van der Waals surface area contributed by atoms with Gasteiger partial charge in [-0.25, -0.2) is 18.6 Å². The van der Waals surface area contributed by atoms with Crippen LogP contribution in [0.3, 0.4) is 0 Å². The lowest BCUT2D eigenvalue weighted by atomic mass is 10.1. The van der Waals surface area contributed by atoms with Crippen LogP contribution in [0, 0.1) is 6.92 Å². The minimum absolute atomic E-state index is 0.134. The Balaban J connectivity index is 1.36. The van der Waals surface area contributed by atoms with Gasteiger partial charge >= 0.3 is 5.97 Å². The summed E-state index contributed by atoms with van der Waals surface area (Å²) in [6.45, 7) is 1.93. The predicted octanol–water partition coefficient (Wildman–Crippen LogP) is 4.79. The van der Waals surface area contributed by atoms with Gasteiger partial charge < -0.3 is 9.47 Å². The van der Waals surface area contributed by atoms with Gasteiger partial charge in [0.05, 0.1) is 23.8 Å². The molecule has 2 N–H and O–H groups in total. The van der Waals surface area contributed by atoms with Gasteiger partial charge in [-0.3, -0.25) is 9.52 Å². The summed E-state index contributed by atoms with van der Waals surface area (Å²) in [5.41, 5.74) is 5.05. The van der Waals surface area contributed by atoms with E-state index in [4.69, 9.17) is 9.47 Å². The van der Waals surface area contributed by atoms with Gasteiger partial charge in [0.15, 0.2) is 11.5 Å². The summed E-state index contributed by atoms with van der Waals surface area (Å²) in [6, 6.07) is 25.8. The Morgan fingerprint density at radius 1 is 0.821 bits per heavy atom. The molecule has 1 amide bonds. The fourth-order valence-electron chi connectivity index (χ4n) is 3.43. The Labute approximate surface area is 226 Å². The number of rotatable bonds is 9. The van der Waals surface area contributed by atoms with Crippen molar-refractivity contribution in [3.8, 4) is 11.5 Å². The molecule has 0 saturated heterocycles. The molecule has 0 spiro atoms. The molecule has 39 heavy (non-hydrogen) atoms. The minimum Gasteiger partial charge on any atom is -0.493 e. The number of nitrogens with zero attached hydrogens (tertiary/aromatic N) is 1. The number of hydrogen-bond acceptors (Lipinski definition) is 7. The third kappa shape index (κ3) is 7.08. The van der Waals surface area contributed by atoms with Gasteiger partial charge in [0.2, 0.25) is 0 Å². The summed E-state index contributed by atoms with van der Waals surface area (Å²) in [7, 11) is -2.29. The zero-order valence-electron chi connectivity index (χ0n) is 21.1. The van der Waals surface area contributed by atoms with Gasteiger partial charge in [-0.05, 0) is 79.2 Å². The molecule has 4 aromatic rings. The number of hydrazone groups is 1. The molecule has 0 aliphatic rings. The standard InChI is InChI=1S/C29H25N3O6S/c1-20-8-11-23(12-9-20)29(34)38-26-17-10-21(18-27(26)37-2)19-30-31-28(33)22-13-15-24(16-14-22)32-39(35,36)25-6-4-3-5-7-25/h3-19,32H,1-2H3,(H,31,33)/b30-19-. The molecule has 0 fully saturated rings. The number of benzene rings is 4. The van der Waals surface area contributed by atoms with Gasteiger partial charge in [0.1, 0.15) is 0 Å². The fraction of sp³-hybridized carbons (Fsp3) is 0.0690. The van der Waals surface area contributed by atoms with Gasteiger partial charge in [-0.2, -0.15) is 5.10 Å². The Morgan fingerprint density at radius 3 is 2.15 bits per heavy atom. The first-order chi connectivity index (χ1) is 18.7. The van der Waals surface area contributed by atoms with E-state index in [1.807, 2.05) is 19.1 Å². The topological polar surface area (TPSA) is 123 Å². The number of anilines is 1. The third-order valence-electron chi connectivity index (χ3n) is 5.51. The molecule has 0 aliphatic carbocycles. The molecule has 0 radical (unpaired) electrons. The van der Waals surface area contributed by atoms with E-state index in [0.717, 1.165) is 5.56 Å². The molecule has 0 saturated carbocycles. The largest absolute Gasteiger partial charge is 0.493 e. The van der Waals surface area contributed by atoms with E-state index in [0.29, 0.717) is 22.6 Å². The zero-order chi connectivity index (χ0) is 27.8. The minimum atomic E-state index is -3.73. The van der Waals surface area contributed by atoms with Crippen molar-refractivity contribution in [2.75, 3.05) is 11.8 Å². The molecule has 0 heterocycles. The van der Waals surface area contributed by atoms with Crippen LogP contribution in [-0.4, -0.2) is 33.6 Å². The number of amides is 1. The highest BCUT2D eigenvalue weighted by molar-refractivity contribution is 7.92. The van der Waals surface area contributed by atoms with Gasteiger partial charge in [0.25, 0.3) is 15.9 Å². The quantitative estimate of drug-likeness (QED) is 0.135. The van der Waals surface area contributed by atoms with Crippen molar-refractivity contribution < 1.29 is 27.5 Å². The van der Waals surface area contributed by atoms with Crippen molar-refractivity contribution in [2.45, 2.75) is 11.8 Å². The summed E-state index contributed by atoms with van der Waals surface area (Å²) in [6.07, 6.45) is 1.41. The highest BCUT2D eigenvalue weighted by atomic mass is 32.2. The zero-order valence-corrected chi connectivity index (χ0v) is 21.9. The van der Waals surface area contributed by atoms with Gasteiger partial charge in [-0.1, -0.05) is 35.9 Å². The SMILES string of the molecule is COc1cc(/C=N\NC(=O)c2ccc(NS(=O)(=O)c3ccccc3)cc2)ccc1OC(=O)c1ccc(C)cc1. The normalized spacial score (nSPS) is 11.1. The number of carbonyl (C=O) groups excluding carboxylic acids is 2. The fourth-order valence-corrected chi connectivity index (χ4v) is 4.51. The smallest absolute Gasteiger partial charge is 0.343 e. The van der Waals surface area contributed by atoms with Crippen LogP contribution in [0.1, 0.15) is 31.8 Å². The number of nitrogens with one attached hydrogen (secondary N) is 2. The predicted molar refractivity (Wildman–Crippen MR) is 148 cm³/mol. The molecular weight excluding hydrogens is 518 g/mol. The van der Waals surface area contributed by atoms with E-state index in [9.17, 15) is 18.0 Å². The number of methoxy groups -OCH3 is 1. The van der Waals surface area contributed by atoms with Crippen molar-refractivity contribution in [1.82, 2.24) is 5.43 Å². The number of hydrogen-bond donors (Lipinski definition) is 2. The van der Waals surface area contributed by atoms with Crippen LogP contribution in [0.25, 0.3) is 0 Å². The van der Waals surface area contributed by atoms with Crippen molar-refractivity contribution >= 4 is 33.8 Å². The van der Waals surface area contributed by atoms with Crippen LogP contribution < -0.4 is 19.6 Å². The molecule has 0 unspecified atom stereocenters. The molecule has 198 valence electrons. The van der Waals surface area contributed by atoms with Gasteiger partial charge in [-0.15, -0.1) is 0 Å². The van der Waals surface area contributed by atoms with Crippen LogP contribution in [0.2, 0.25) is 0 Å². The van der Waals surface area contributed by atoms with E-state index in [1.165, 1.54) is 49.7 Å². The van der Waals surface area contributed by atoms with Crippen LogP contribution in [0.5, 0.6) is 11.5 Å². The van der Waals surface area contributed by atoms with Crippen molar-refractivity contribution in [3.63, 3.8) is 0 Å². The van der Waals surface area contributed by atoms with Gasteiger partial charge in [0, 0.05) is 11.3 Å². The first-order valence-corrected chi connectivity index (χ1v) is 13.2. The maximum Gasteiger partial charge on any atom is 0.343 e. The second kappa shape index (κ2) is 12.1. The van der Waals surface area contributed by atoms with Crippen molar-refractivity contribution in [3.05, 3.63) is 119 Å². The van der Waals surface area contributed by atoms with E-state index in [-0.39, 0.29) is 16.2 Å². The lowest BCUT2D eigenvalue weighted by Crippen LogP contribution is -2.18. The van der Waals surface area contributed by atoms with Crippen LogP contribution in [0.4, 0.5) is 5.69 Å². The van der Waals surface area contributed by atoms with Crippen LogP contribution >= 0.6 is 0 Å². The molecule has 0 aromatic heterocycles. The van der Waals surface area contributed by atoms with E-state index >= 15 is 0 Å². The monoisotopic (exact) mass is 543 g/mol. The first-order valence-electron chi connectivity index (χ1n) is 11.7. The number of sulfonamides is 1. The van der Waals surface area contributed by atoms with E-state index in [1.54, 1.807) is 48.5 Å². The summed E-state index contributed by atoms with van der Waals surface area (Å²) < 4.78 is 38.2. The summed E-state index contributed by atoms with van der Waals surface area (Å²) in [4.78, 5) is 25.0. The third-order valence-corrected chi connectivity index (χ3v) is 6.91. The molecule has 4 aromatic carbocycles. The Morgan fingerprint density at radius 2 is 1.49 bits per heavy atom. The summed E-state index contributed by atoms with van der Waals surface area (Å²) in [5.74, 6) is -0.438. The van der Waals surface area contributed by atoms with E-state index in [2.05, 4.69) is 15.2 Å². The molecule has 4 rings (SSSR count). The summed E-state index contributed by atoms with van der Waals surface area (Å²) >= 11 is 0. The van der Waals surface area contributed by atoms with E-state index < -0.39 is 21.9 Å². The van der Waals surface area contributed by atoms with Crippen LogP contribution in [0.15, 0.2) is 107 Å².